The average Bonchev–Trinajstić information content (AvgIpc) is 3.40. The fourth-order valence-electron chi connectivity index (χ4n) is 3.56. The largest absolute Gasteiger partial charge is 0.493 e. The van der Waals surface area contributed by atoms with Gasteiger partial charge in [-0.05, 0) is 74.4 Å². The Hall–Kier alpha value is -4.07. The molecular formula is C25H25N3O5. The highest BCUT2D eigenvalue weighted by Gasteiger charge is 2.21. The van der Waals surface area contributed by atoms with E-state index in [1.165, 1.54) is 11.3 Å². The smallest absolute Gasteiger partial charge is 0.291 e. The quantitative estimate of drug-likeness (QED) is 0.572. The molecule has 1 aromatic heterocycles. The molecule has 2 heterocycles. The number of methoxy groups -OCH3 is 1. The van der Waals surface area contributed by atoms with Crippen LogP contribution in [0.5, 0.6) is 11.5 Å². The molecule has 0 aliphatic carbocycles. The summed E-state index contributed by atoms with van der Waals surface area (Å²) in [5.74, 6) is 0.973. The third kappa shape index (κ3) is 5.06. The minimum atomic E-state index is -0.352. The van der Waals surface area contributed by atoms with Gasteiger partial charge in [0.2, 0.25) is 0 Å². The highest BCUT2D eigenvalue weighted by atomic mass is 16.5. The Morgan fingerprint density at radius 1 is 1.12 bits per heavy atom. The van der Waals surface area contributed by atoms with E-state index in [1.807, 2.05) is 25.1 Å². The van der Waals surface area contributed by atoms with Gasteiger partial charge in [0.05, 0.1) is 25.7 Å². The fourth-order valence-corrected chi connectivity index (χ4v) is 3.56. The molecule has 1 aliphatic rings. The van der Waals surface area contributed by atoms with Gasteiger partial charge in [-0.2, -0.15) is 5.10 Å². The Bertz CT molecular complexity index is 1150. The van der Waals surface area contributed by atoms with Crippen molar-refractivity contribution in [3.05, 3.63) is 77.7 Å². The molecule has 0 saturated heterocycles. The van der Waals surface area contributed by atoms with E-state index in [4.69, 9.17) is 13.9 Å². The predicted molar refractivity (Wildman–Crippen MR) is 124 cm³/mol. The molecule has 8 heteroatoms. The Kier molecular flexibility index (Phi) is 6.73. The van der Waals surface area contributed by atoms with E-state index in [1.54, 1.807) is 43.5 Å². The van der Waals surface area contributed by atoms with Crippen LogP contribution in [0.4, 0.5) is 5.69 Å². The van der Waals surface area contributed by atoms with Gasteiger partial charge < -0.3 is 19.2 Å². The van der Waals surface area contributed by atoms with Crippen LogP contribution in [0.1, 0.15) is 46.2 Å². The van der Waals surface area contributed by atoms with Gasteiger partial charge in [0.25, 0.3) is 11.8 Å². The first-order valence-corrected chi connectivity index (χ1v) is 10.7. The van der Waals surface area contributed by atoms with Crippen LogP contribution in [0.25, 0.3) is 0 Å². The van der Waals surface area contributed by atoms with Gasteiger partial charge in [0, 0.05) is 23.4 Å². The van der Waals surface area contributed by atoms with Gasteiger partial charge in [0.15, 0.2) is 17.3 Å². The van der Waals surface area contributed by atoms with Gasteiger partial charge in [-0.15, -0.1) is 0 Å². The molecule has 0 atom stereocenters. The summed E-state index contributed by atoms with van der Waals surface area (Å²) < 4.78 is 16.1. The third-order valence-electron chi connectivity index (χ3n) is 5.19. The number of amides is 2. The number of hydrogen-bond donors (Lipinski definition) is 1. The lowest BCUT2D eigenvalue weighted by Crippen LogP contribution is -2.32. The summed E-state index contributed by atoms with van der Waals surface area (Å²) in [5, 5.41) is 8.83. The molecule has 33 heavy (non-hydrogen) atoms. The van der Waals surface area contributed by atoms with Crippen LogP contribution in [-0.2, 0) is 0 Å². The van der Waals surface area contributed by atoms with Crippen molar-refractivity contribution >= 4 is 23.2 Å². The maximum absolute atomic E-state index is 13.0. The van der Waals surface area contributed by atoms with Crippen LogP contribution in [0.3, 0.4) is 0 Å². The highest BCUT2D eigenvalue weighted by molar-refractivity contribution is 6.04. The molecule has 3 aromatic rings. The van der Waals surface area contributed by atoms with Gasteiger partial charge in [0.1, 0.15) is 0 Å². The molecule has 4 rings (SSSR count). The molecule has 170 valence electrons. The molecule has 0 unspecified atom stereocenters. The van der Waals surface area contributed by atoms with E-state index >= 15 is 0 Å². The number of benzene rings is 2. The number of furan rings is 1. The zero-order chi connectivity index (χ0) is 23.2. The van der Waals surface area contributed by atoms with Crippen molar-refractivity contribution in [2.24, 2.45) is 5.10 Å². The molecule has 0 spiro atoms. The predicted octanol–water partition coefficient (Wildman–Crippen LogP) is 4.58. The van der Waals surface area contributed by atoms with Crippen molar-refractivity contribution in [1.29, 1.82) is 0 Å². The minimum absolute atomic E-state index is 0.199. The summed E-state index contributed by atoms with van der Waals surface area (Å²) in [6.45, 7) is 2.97. The number of ether oxygens (including phenoxy) is 2. The topological polar surface area (TPSA) is 93.4 Å². The molecule has 0 fully saturated rings. The second-order valence-electron chi connectivity index (χ2n) is 7.39. The molecule has 0 saturated carbocycles. The molecule has 2 amide bonds. The second-order valence-corrected chi connectivity index (χ2v) is 7.39. The van der Waals surface area contributed by atoms with Crippen LogP contribution < -0.4 is 14.8 Å². The summed E-state index contributed by atoms with van der Waals surface area (Å²) >= 11 is 0. The van der Waals surface area contributed by atoms with Crippen LogP contribution in [0.15, 0.2) is 70.4 Å². The van der Waals surface area contributed by atoms with Crippen LogP contribution in [0.2, 0.25) is 0 Å². The summed E-state index contributed by atoms with van der Waals surface area (Å²) in [6.07, 6.45) is 3.00. The molecule has 2 aromatic carbocycles. The monoisotopic (exact) mass is 447 g/mol. The van der Waals surface area contributed by atoms with Crippen molar-refractivity contribution in [1.82, 2.24) is 5.01 Å². The summed E-state index contributed by atoms with van der Waals surface area (Å²) in [7, 11) is 1.60. The molecular weight excluding hydrogens is 422 g/mol. The van der Waals surface area contributed by atoms with E-state index in [9.17, 15) is 9.59 Å². The van der Waals surface area contributed by atoms with E-state index in [-0.39, 0.29) is 17.6 Å². The van der Waals surface area contributed by atoms with Crippen LogP contribution in [-0.4, -0.2) is 42.8 Å². The minimum Gasteiger partial charge on any atom is -0.493 e. The molecule has 8 nitrogen and oxygen atoms in total. The Morgan fingerprint density at radius 2 is 1.94 bits per heavy atom. The van der Waals surface area contributed by atoms with Crippen LogP contribution >= 0.6 is 0 Å². The SMILES string of the molecule is CCOc1cc(C2=NN(C(=O)c3ccc(NC(=O)c4ccco4)cc3)CCC2)ccc1OC. The van der Waals surface area contributed by atoms with Crippen molar-refractivity contribution in [3.8, 4) is 11.5 Å². The maximum Gasteiger partial charge on any atom is 0.291 e. The number of hydrazone groups is 1. The van der Waals surface area contributed by atoms with E-state index in [0.29, 0.717) is 35.9 Å². The van der Waals surface area contributed by atoms with E-state index < -0.39 is 0 Å². The van der Waals surface area contributed by atoms with Crippen molar-refractivity contribution < 1.29 is 23.5 Å². The average molecular weight is 447 g/mol. The summed E-state index contributed by atoms with van der Waals surface area (Å²) in [5.41, 5.74) is 2.77. The summed E-state index contributed by atoms with van der Waals surface area (Å²) in [4.78, 5) is 25.1. The Labute approximate surface area is 191 Å². The lowest BCUT2D eigenvalue weighted by molar-refractivity contribution is 0.0751. The number of nitrogens with zero attached hydrogens (tertiary/aromatic N) is 2. The Balaban J connectivity index is 1.48. The van der Waals surface area contributed by atoms with Gasteiger partial charge in [-0.25, -0.2) is 5.01 Å². The molecule has 1 aliphatic heterocycles. The second kappa shape index (κ2) is 10.0. The highest BCUT2D eigenvalue weighted by Crippen LogP contribution is 2.29. The number of carbonyl (C=O) groups is 2. The van der Waals surface area contributed by atoms with E-state index in [0.717, 1.165) is 24.1 Å². The molecule has 1 N–H and O–H groups in total. The summed E-state index contributed by atoms with van der Waals surface area (Å²) in [6, 6.07) is 15.6. The maximum atomic E-state index is 13.0. The molecule has 0 radical (unpaired) electrons. The van der Waals surface area contributed by atoms with Crippen molar-refractivity contribution in [2.45, 2.75) is 19.8 Å². The van der Waals surface area contributed by atoms with Crippen molar-refractivity contribution in [3.63, 3.8) is 0 Å². The fraction of sp³-hybridized carbons (Fsp3) is 0.240. The standard InChI is InChI=1S/C25H25N3O5/c1-3-32-23-16-18(10-13-21(23)31-2)20-6-4-14-28(27-20)25(30)17-8-11-19(12-9-17)26-24(29)22-7-5-15-33-22/h5,7-13,15-16H,3-4,6,14H2,1-2H3,(H,26,29). The zero-order valence-corrected chi connectivity index (χ0v) is 18.5. The van der Waals surface area contributed by atoms with E-state index in [2.05, 4.69) is 10.4 Å². The number of anilines is 1. The van der Waals surface area contributed by atoms with Gasteiger partial charge in [-0.3, -0.25) is 9.59 Å². The number of carbonyl (C=O) groups excluding carboxylic acids is 2. The number of rotatable bonds is 7. The normalized spacial score (nSPS) is 13.3. The first kappa shape index (κ1) is 22.1. The zero-order valence-electron chi connectivity index (χ0n) is 18.5. The number of nitrogens with one attached hydrogen (secondary N) is 1. The lowest BCUT2D eigenvalue weighted by Gasteiger charge is -2.24. The van der Waals surface area contributed by atoms with Gasteiger partial charge >= 0.3 is 0 Å². The first-order valence-electron chi connectivity index (χ1n) is 10.7. The Morgan fingerprint density at radius 3 is 2.64 bits per heavy atom. The molecule has 0 bridgehead atoms. The number of hydrogen-bond acceptors (Lipinski definition) is 6. The first-order chi connectivity index (χ1) is 16.1. The van der Waals surface area contributed by atoms with Crippen molar-refractivity contribution in [2.75, 3.05) is 25.6 Å². The van der Waals surface area contributed by atoms with Gasteiger partial charge in [-0.1, -0.05) is 0 Å². The third-order valence-corrected chi connectivity index (χ3v) is 5.19. The lowest BCUT2D eigenvalue weighted by atomic mass is 10.0. The van der Waals surface area contributed by atoms with Crippen LogP contribution in [0, 0.1) is 0 Å².